The molecule has 13 heavy (non-hydrogen) atoms. The summed E-state index contributed by atoms with van der Waals surface area (Å²) in [5.41, 5.74) is 2.52. The van der Waals surface area contributed by atoms with Gasteiger partial charge in [0.25, 0.3) is 0 Å². The van der Waals surface area contributed by atoms with E-state index in [0.717, 1.165) is 24.1 Å². The molecule has 0 spiro atoms. The lowest BCUT2D eigenvalue weighted by molar-refractivity contribution is 0.626. The molecule has 0 radical (unpaired) electrons. The van der Waals surface area contributed by atoms with Gasteiger partial charge < -0.3 is 0 Å². The van der Waals surface area contributed by atoms with Crippen LogP contribution in [0.15, 0.2) is 23.0 Å². The molecule has 0 fully saturated rings. The fraction of sp³-hybridized carbons (Fsp3) is 0.300. The number of thiazole rings is 1. The molecule has 0 saturated carbocycles. The third kappa shape index (κ3) is 0.907. The monoisotopic (exact) mass is 191 g/mol. The molecule has 0 aliphatic carbocycles. The van der Waals surface area contributed by atoms with Crippen molar-refractivity contribution >= 4 is 21.6 Å². The van der Waals surface area contributed by atoms with Crippen LogP contribution in [0.1, 0.15) is 12.0 Å². The van der Waals surface area contributed by atoms with Gasteiger partial charge in [-0.15, -0.1) is 0 Å². The van der Waals surface area contributed by atoms with E-state index in [1.807, 2.05) is 16.7 Å². The second-order valence-electron chi connectivity index (χ2n) is 3.39. The number of aryl methyl sites for hydroxylation is 2. The van der Waals surface area contributed by atoms with Crippen molar-refractivity contribution in [1.82, 2.24) is 4.57 Å². The molecule has 2 aromatic rings. The van der Waals surface area contributed by atoms with Crippen molar-refractivity contribution in [1.29, 1.82) is 0 Å². The summed E-state index contributed by atoms with van der Waals surface area (Å²) in [7, 11) is 0. The van der Waals surface area contributed by atoms with E-state index < -0.39 is 0 Å². The Labute approximate surface area is 79.4 Å². The number of rotatable bonds is 0. The highest BCUT2D eigenvalue weighted by Crippen LogP contribution is 2.25. The molecule has 3 rings (SSSR count). The summed E-state index contributed by atoms with van der Waals surface area (Å²) in [6.07, 6.45) is 2.22. The number of hydrogen-bond acceptors (Lipinski definition) is 2. The Balaban J connectivity index is 2.58. The Morgan fingerprint density at radius 1 is 1.38 bits per heavy atom. The first-order valence-corrected chi connectivity index (χ1v) is 5.29. The van der Waals surface area contributed by atoms with Gasteiger partial charge in [0.1, 0.15) is 0 Å². The Bertz CT molecular complexity index is 523. The normalized spacial score (nSPS) is 15.1. The standard InChI is InChI=1S/C10H9NOS/c12-10-11-6-2-4-7-3-1-5-8(13-10)9(7)11/h1,3,5H,2,4,6H2. The molecule has 2 heterocycles. The zero-order valence-corrected chi connectivity index (χ0v) is 7.93. The quantitative estimate of drug-likeness (QED) is 0.624. The summed E-state index contributed by atoms with van der Waals surface area (Å²) in [5, 5.41) is 0. The van der Waals surface area contributed by atoms with E-state index in [-0.39, 0.29) is 4.87 Å². The van der Waals surface area contributed by atoms with Gasteiger partial charge in [0.05, 0.1) is 10.2 Å². The SMILES string of the molecule is O=c1sc2cccc3c2n1CCC3. The van der Waals surface area contributed by atoms with Crippen LogP contribution in [0.25, 0.3) is 10.2 Å². The van der Waals surface area contributed by atoms with Crippen LogP contribution in [0.5, 0.6) is 0 Å². The molecule has 66 valence electrons. The first kappa shape index (κ1) is 7.33. The van der Waals surface area contributed by atoms with E-state index in [4.69, 9.17) is 0 Å². The van der Waals surface area contributed by atoms with Gasteiger partial charge in [0.2, 0.25) is 0 Å². The van der Waals surface area contributed by atoms with Crippen molar-refractivity contribution < 1.29 is 0 Å². The molecule has 3 heteroatoms. The summed E-state index contributed by atoms with van der Waals surface area (Å²) in [6.45, 7) is 0.899. The number of para-hydroxylation sites is 1. The molecule has 0 bridgehead atoms. The van der Waals surface area contributed by atoms with Crippen LogP contribution in [-0.2, 0) is 13.0 Å². The third-order valence-corrected chi connectivity index (χ3v) is 3.54. The van der Waals surface area contributed by atoms with Crippen LogP contribution in [0.3, 0.4) is 0 Å². The van der Waals surface area contributed by atoms with Crippen LogP contribution in [0.2, 0.25) is 0 Å². The first-order valence-electron chi connectivity index (χ1n) is 4.47. The van der Waals surface area contributed by atoms with E-state index >= 15 is 0 Å². The largest absolute Gasteiger partial charge is 0.308 e. The summed E-state index contributed by atoms with van der Waals surface area (Å²) >= 11 is 1.36. The minimum atomic E-state index is 0.196. The van der Waals surface area contributed by atoms with Gasteiger partial charge in [-0.1, -0.05) is 23.5 Å². The second kappa shape index (κ2) is 2.45. The predicted octanol–water partition coefficient (Wildman–Crippen LogP) is 2.01. The zero-order chi connectivity index (χ0) is 8.84. The topological polar surface area (TPSA) is 22.0 Å². The van der Waals surface area contributed by atoms with Crippen molar-refractivity contribution in [2.75, 3.05) is 0 Å². The van der Waals surface area contributed by atoms with Crippen LogP contribution in [0, 0.1) is 0 Å². The maximum atomic E-state index is 11.5. The molecule has 0 amide bonds. The van der Waals surface area contributed by atoms with Crippen LogP contribution >= 0.6 is 11.3 Å². The molecule has 0 unspecified atom stereocenters. The minimum absolute atomic E-state index is 0.196. The lowest BCUT2D eigenvalue weighted by Gasteiger charge is -2.13. The number of hydrogen-bond donors (Lipinski definition) is 0. The second-order valence-corrected chi connectivity index (χ2v) is 4.38. The van der Waals surface area contributed by atoms with Crippen molar-refractivity contribution in [3.05, 3.63) is 33.4 Å². The zero-order valence-electron chi connectivity index (χ0n) is 7.12. The summed E-state index contributed by atoms with van der Waals surface area (Å²) < 4.78 is 3.06. The lowest BCUT2D eigenvalue weighted by atomic mass is 10.1. The van der Waals surface area contributed by atoms with Crippen molar-refractivity contribution in [2.24, 2.45) is 0 Å². The van der Waals surface area contributed by atoms with Crippen molar-refractivity contribution in [2.45, 2.75) is 19.4 Å². The van der Waals surface area contributed by atoms with Gasteiger partial charge in [-0.3, -0.25) is 9.36 Å². The van der Waals surface area contributed by atoms with E-state index in [9.17, 15) is 4.79 Å². The molecular weight excluding hydrogens is 182 g/mol. The molecule has 2 nitrogen and oxygen atoms in total. The van der Waals surface area contributed by atoms with Crippen molar-refractivity contribution in [3.8, 4) is 0 Å². The molecule has 1 aromatic carbocycles. The number of nitrogens with zero attached hydrogens (tertiary/aromatic N) is 1. The Morgan fingerprint density at radius 2 is 2.31 bits per heavy atom. The van der Waals surface area contributed by atoms with Gasteiger partial charge in [0.15, 0.2) is 0 Å². The van der Waals surface area contributed by atoms with Crippen LogP contribution in [-0.4, -0.2) is 4.57 Å². The van der Waals surface area contributed by atoms with Crippen molar-refractivity contribution in [3.63, 3.8) is 0 Å². The summed E-state index contributed by atoms with van der Waals surface area (Å²) in [6, 6.07) is 6.21. The first-order chi connectivity index (χ1) is 6.36. The molecule has 1 aromatic heterocycles. The third-order valence-electron chi connectivity index (χ3n) is 2.60. The molecule has 0 atom stereocenters. The molecule has 1 aliphatic heterocycles. The van der Waals surface area contributed by atoms with Gasteiger partial charge in [-0.2, -0.15) is 0 Å². The van der Waals surface area contributed by atoms with Gasteiger partial charge >= 0.3 is 4.87 Å². The molecule has 0 N–H and O–H groups in total. The predicted molar refractivity (Wildman–Crippen MR) is 54.4 cm³/mol. The average Bonchev–Trinajstić information content (AvgIpc) is 2.47. The lowest BCUT2D eigenvalue weighted by Crippen LogP contribution is -2.17. The van der Waals surface area contributed by atoms with Gasteiger partial charge in [-0.05, 0) is 24.5 Å². The minimum Gasteiger partial charge on any atom is -0.298 e. The van der Waals surface area contributed by atoms with Crippen LogP contribution < -0.4 is 4.87 Å². The van der Waals surface area contributed by atoms with E-state index in [1.54, 1.807) is 0 Å². The smallest absolute Gasteiger partial charge is 0.298 e. The van der Waals surface area contributed by atoms with E-state index in [0.29, 0.717) is 0 Å². The number of aromatic nitrogens is 1. The highest BCUT2D eigenvalue weighted by Gasteiger charge is 2.14. The highest BCUT2D eigenvalue weighted by molar-refractivity contribution is 7.16. The highest BCUT2D eigenvalue weighted by atomic mass is 32.1. The molecular formula is C10H9NOS. The fourth-order valence-electron chi connectivity index (χ4n) is 2.03. The average molecular weight is 191 g/mol. The Hall–Kier alpha value is -1.09. The summed E-state index contributed by atoms with van der Waals surface area (Å²) in [5.74, 6) is 0. The number of benzene rings is 1. The maximum absolute atomic E-state index is 11.5. The summed E-state index contributed by atoms with van der Waals surface area (Å²) in [4.78, 5) is 11.7. The van der Waals surface area contributed by atoms with E-state index in [1.165, 1.54) is 22.4 Å². The Kier molecular flexibility index (Phi) is 1.38. The molecule has 1 aliphatic rings. The fourth-order valence-corrected chi connectivity index (χ4v) is 2.99. The van der Waals surface area contributed by atoms with E-state index in [2.05, 4.69) is 6.07 Å². The van der Waals surface area contributed by atoms with Gasteiger partial charge in [-0.25, -0.2) is 0 Å². The van der Waals surface area contributed by atoms with Crippen LogP contribution in [0.4, 0.5) is 0 Å². The van der Waals surface area contributed by atoms with Gasteiger partial charge in [0, 0.05) is 6.54 Å². The molecule has 0 saturated heterocycles. The maximum Gasteiger partial charge on any atom is 0.308 e. The Morgan fingerprint density at radius 3 is 3.23 bits per heavy atom.